The molecule has 1 saturated heterocycles. The fraction of sp³-hybridized carbons (Fsp3) is 0.545. The maximum absolute atomic E-state index is 13.0. The number of aliphatic carboxylic acids is 1. The first-order valence-corrected chi connectivity index (χ1v) is 6.76. The van der Waals surface area contributed by atoms with Crippen LogP contribution in [0.25, 0.3) is 0 Å². The van der Waals surface area contributed by atoms with Gasteiger partial charge in [-0.2, -0.15) is 13.2 Å². The maximum atomic E-state index is 13.0. The second kappa shape index (κ2) is 4.96. The predicted molar refractivity (Wildman–Crippen MR) is 65.3 cm³/mol. The Morgan fingerprint density at radius 3 is 2.68 bits per heavy atom. The van der Waals surface area contributed by atoms with E-state index >= 15 is 0 Å². The van der Waals surface area contributed by atoms with Crippen LogP contribution in [-0.4, -0.2) is 35.2 Å². The number of halogens is 4. The summed E-state index contributed by atoms with van der Waals surface area (Å²) in [6, 6.07) is 1.68. The molecule has 8 heteroatoms. The summed E-state index contributed by atoms with van der Waals surface area (Å²) in [6.45, 7) is -0.106. The van der Waals surface area contributed by atoms with E-state index in [1.54, 1.807) is 11.4 Å². The summed E-state index contributed by atoms with van der Waals surface area (Å²) in [5.74, 6) is -1.80. The summed E-state index contributed by atoms with van der Waals surface area (Å²) in [5.41, 5.74) is -2.64. The lowest BCUT2D eigenvalue weighted by Crippen LogP contribution is -2.47. The van der Waals surface area contributed by atoms with E-state index in [1.807, 2.05) is 0 Å². The minimum atomic E-state index is -4.74. The molecule has 1 fully saturated rings. The van der Waals surface area contributed by atoms with Gasteiger partial charge in [0.1, 0.15) is 0 Å². The first-order valence-electron chi connectivity index (χ1n) is 5.50. The van der Waals surface area contributed by atoms with E-state index in [1.165, 1.54) is 16.2 Å². The smallest absolute Gasteiger partial charge is 0.406 e. The van der Waals surface area contributed by atoms with Crippen molar-refractivity contribution in [2.45, 2.75) is 19.1 Å². The van der Waals surface area contributed by atoms with E-state index in [0.717, 1.165) is 4.88 Å². The molecule has 0 spiro atoms. The standard InChI is InChI=1S/C11H11ClF3NO2S/c12-7-3-8(19-5-7)4-16-2-1-10(6-16,9(17)18)11(13,14)15/h3,5H,1-2,4,6H2,(H,17,18). The van der Waals surface area contributed by atoms with E-state index in [2.05, 4.69) is 0 Å². The Balaban J connectivity index is 2.11. The zero-order chi connectivity index (χ0) is 14.3. The second-order valence-corrected chi connectivity index (χ2v) is 6.01. The third-order valence-corrected chi connectivity index (χ3v) is 4.57. The molecule has 1 aromatic rings. The van der Waals surface area contributed by atoms with Crippen molar-refractivity contribution in [2.75, 3.05) is 13.1 Å². The van der Waals surface area contributed by atoms with Gasteiger partial charge in [-0.3, -0.25) is 9.69 Å². The van der Waals surface area contributed by atoms with E-state index in [-0.39, 0.29) is 6.54 Å². The van der Waals surface area contributed by atoms with Crippen molar-refractivity contribution in [1.82, 2.24) is 4.90 Å². The molecule has 0 saturated carbocycles. The molecule has 0 aromatic carbocycles. The van der Waals surface area contributed by atoms with Crippen LogP contribution in [0.15, 0.2) is 11.4 Å². The first kappa shape index (κ1) is 14.6. The topological polar surface area (TPSA) is 40.5 Å². The average Bonchev–Trinajstić information content (AvgIpc) is 2.85. The van der Waals surface area contributed by atoms with Gasteiger partial charge in [0.2, 0.25) is 0 Å². The van der Waals surface area contributed by atoms with Crippen LogP contribution in [0.5, 0.6) is 0 Å². The Bertz CT molecular complexity index is 491. The number of nitrogens with zero attached hydrogens (tertiary/aromatic N) is 1. The van der Waals surface area contributed by atoms with Crippen LogP contribution in [0.1, 0.15) is 11.3 Å². The van der Waals surface area contributed by atoms with Crippen LogP contribution in [-0.2, 0) is 11.3 Å². The minimum Gasteiger partial charge on any atom is -0.481 e. The number of hydrogen-bond acceptors (Lipinski definition) is 3. The van der Waals surface area contributed by atoms with Crippen molar-refractivity contribution in [1.29, 1.82) is 0 Å². The van der Waals surface area contributed by atoms with Crippen molar-refractivity contribution in [3.63, 3.8) is 0 Å². The van der Waals surface area contributed by atoms with Crippen molar-refractivity contribution in [3.05, 3.63) is 21.3 Å². The van der Waals surface area contributed by atoms with Crippen molar-refractivity contribution in [2.24, 2.45) is 5.41 Å². The number of carboxylic acids is 1. The maximum Gasteiger partial charge on any atom is 0.406 e. The molecule has 1 aliphatic rings. The van der Waals surface area contributed by atoms with E-state index in [4.69, 9.17) is 16.7 Å². The molecule has 2 heterocycles. The Hall–Kier alpha value is -0.790. The summed E-state index contributed by atoms with van der Waals surface area (Å²) in [4.78, 5) is 13.3. The van der Waals surface area contributed by atoms with E-state index in [9.17, 15) is 18.0 Å². The Morgan fingerprint density at radius 2 is 2.26 bits per heavy atom. The van der Waals surface area contributed by atoms with Crippen LogP contribution in [0.4, 0.5) is 13.2 Å². The molecule has 19 heavy (non-hydrogen) atoms. The van der Waals surface area contributed by atoms with Crippen molar-refractivity contribution in [3.8, 4) is 0 Å². The molecular formula is C11H11ClF3NO2S. The van der Waals surface area contributed by atoms with E-state index in [0.29, 0.717) is 11.6 Å². The van der Waals surface area contributed by atoms with Crippen LogP contribution in [0.3, 0.4) is 0 Å². The van der Waals surface area contributed by atoms with Crippen LogP contribution in [0.2, 0.25) is 5.02 Å². The molecule has 1 N–H and O–H groups in total. The fourth-order valence-corrected chi connectivity index (χ4v) is 3.32. The molecule has 1 aromatic heterocycles. The summed E-state index contributed by atoms with van der Waals surface area (Å²) >= 11 is 7.09. The third kappa shape index (κ3) is 2.73. The number of rotatable bonds is 3. The molecule has 1 aliphatic heterocycles. The first-order chi connectivity index (χ1) is 8.74. The zero-order valence-corrected chi connectivity index (χ0v) is 11.3. The normalized spacial score (nSPS) is 24.8. The highest BCUT2D eigenvalue weighted by atomic mass is 35.5. The highest BCUT2D eigenvalue weighted by Gasteiger charge is 2.63. The summed E-state index contributed by atoms with van der Waals surface area (Å²) in [6.07, 6.45) is -5.15. The lowest BCUT2D eigenvalue weighted by Gasteiger charge is -2.27. The van der Waals surface area contributed by atoms with Gasteiger partial charge in [0.15, 0.2) is 5.41 Å². The van der Waals surface area contributed by atoms with Crippen LogP contribution >= 0.6 is 22.9 Å². The average molecular weight is 314 g/mol. The van der Waals surface area contributed by atoms with Gasteiger partial charge >= 0.3 is 12.1 Å². The molecule has 106 valence electrons. The monoisotopic (exact) mass is 313 g/mol. The Kier molecular flexibility index (Phi) is 3.81. The molecule has 0 aliphatic carbocycles. The zero-order valence-electron chi connectivity index (χ0n) is 9.71. The number of likely N-dealkylation sites (tertiary alicyclic amines) is 1. The largest absolute Gasteiger partial charge is 0.481 e. The number of hydrogen-bond donors (Lipinski definition) is 1. The van der Waals surface area contributed by atoms with E-state index < -0.39 is 30.5 Å². The van der Waals surface area contributed by atoms with Gasteiger partial charge in [0.05, 0.1) is 5.02 Å². The summed E-state index contributed by atoms with van der Waals surface area (Å²) in [7, 11) is 0. The van der Waals surface area contributed by atoms with Gasteiger partial charge in [0.25, 0.3) is 0 Å². The minimum absolute atomic E-state index is 0.112. The van der Waals surface area contributed by atoms with Crippen molar-refractivity contribution < 1.29 is 23.1 Å². The van der Waals surface area contributed by atoms with Crippen molar-refractivity contribution >= 4 is 28.9 Å². The molecule has 0 bridgehead atoms. The predicted octanol–water partition coefficient (Wildman–Crippen LogP) is 3.24. The Labute approximate surface area is 116 Å². The quantitative estimate of drug-likeness (QED) is 0.931. The molecule has 0 amide bonds. The molecule has 3 nitrogen and oxygen atoms in total. The molecule has 0 radical (unpaired) electrons. The van der Waals surface area contributed by atoms with Gasteiger partial charge in [-0.25, -0.2) is 0 Å². The third-order valence-electron chi connectivity index (χ3n) is 3.30. The summed E-state index contributed by atoms with van der Waals surface area (Å²) < 4.78 is 38.9. The van der Waals surface area contributed by atoms with Crippen LogP contribution in [0, 0.1) is 5.41 Å². The fourth-order valence-electron chi connectivity index (χ4n) is 2.21. The molecular weight excluding hydrogens is 303 g/mol. The molecule has 1 unspecified atom stereocenters. The molecule has 1 atom stereocenters. The number of thiophene rings is 1. The lowest BCUT2D eigenvalue weighted by molar-refractivity contribution is -0.227. The number of carbonyl (C=O) groups is 1. The van der Waals surface area contributed by atoms with Gasteiger partial charge in [-0.15, -0.1) is 11.3 Å². The van der Waals surface area contributed by atoms with Crippen LogP contribution < -0.4 is 0 Å². The highest BCUT2D eigenvalue weighted by Crippen LogP contribution is 2.46. The number of carboxylic acid groups (broad SMARTS) is 1. The summed E-state index contributed by atoms with van der Waals surface area (Å²) in [5, 5.41) is 11.2. The van der Waals surface area contributed by atoms with Gasteiger partial charge in [-0.1, -0.05) is 11.6 Å². The van der Waals surface area contributed by atoms with Gasteiger partial charge in [-0.05, 0) is 12.5 Å². The highest BCUT2D eigenvalue weighted by molar-refractivity contribution is 7.10. The number of alkyl halides is 3. The lowest BCUT2D eigenvalue weighted by atomic mass is 9.86. The second-order valence-electron chi connectivity index (χ2n) is 4.58. The SMILES string of the molecule is O=C(O)C1(C(F)(F)F)CCN(Cc2cc(Cl)cs2)C1. The molecule has 2 rings (SSSR count). The van der Waals surface area contributed by atoms with Gasteiger partial charge in [0, 0.05) is 29.9 Å². The van der Waals surface area contributed by atoms with Gasteiger partial charge < -0.3 is 5.11 Å². The Morgan fingerprint density at radius 1 is 1.58 bits per heavy atom.